The molecule has 0 amide bonds. The molecule has 112 valence electrons. The maximum absolute atomic E-state index is 3.36. The Morgan fingerprint density at radius 2 is 1.70 bits per heavy atom. The summed E-state index contributed by atoms with van der Waals surface area (Å²) in [6.45, 7) is 12.9. The van der Waals surface area contributed by atoms with Crippen molar-refractivity contribution in [2.75, 3.05) is 0 Å². The largest absolute Gasteiger partial charge is 0.273 e. The molecule has 0 nitrogen and oxygen atoms in total. The van der Waals surface area contributed by atoms with Crippen molar-refractivity contribution in [1.82, 2.24) is 0 Å². The molecule has 0 N–H and O–H groups in total. The van der Waals surface area contributed by atoms with Gasteiger partial charge in [-0.05, 0) is 0 Å². The van der Waals surface area contributed by atoms with Gasteiger partial charge in [0.15, 0.2) is 0 Å². The third kappa shape index (κ3) is 12.1. The first-order valence-corrected chi connectivity index (χ1v) is 7.60. The minimum absolute atomic E-state index is 0. The molecule has 0 saturated heterocycles. The fourth-order valence-electron chi connectivity index (χ4n) is 1.50. The first-order valence-electron chi connectivity index (χ1n) is 6.37. The van der Waals surface area contributed by atoms with Crippen LogP contribution in [0.5, 0.6) is 0 Å². The molecule has 1 atom stereocenters. The second-order valence-corrected chi connectivity index (χ2v) is 7.26. The molecule has 0 aromatic carbocycles. The Morgan fingerprint density at radius 1 is 1.20 bits per heavy atom. The molecule has 3 heteroatoms. The molecule has 0 radical (unpaired) electrons. The van der Waals surface area contributed by atoms with Crippen LogP contribution in [-0.2, 0) is 24.2 Å². The quantitative estimate of drug-likeness (QED) is 0.470. The summed E-state index contributed by atoms with van der Waals surface area (Å²) in [5.74, 6) is 0.560. The Morgan fingerprint density at radius 3 is 1.80 bits per heavy atom. The van der Waals surface area contributed by atoms with Gasteiger partial charge < -0.3 is 0 Å². The maximum atomic E-state index is 3.36. The van der Waals surface area contributed by atoms with E-state index in [0.29, 0.717) is 5.92 Å². The van der Waals surface area contributed by atoms with Crippen molar-refractivity contribution in [1.29, 1.82) is 0 Å². The van der Waals surface area contributed by atoms with E-state index in [1.807, 2.05) is 12.2 Å². The molecule has 2 aliphatic carbocycles. The molecule has 20 heavy (non-hydrogen) atoms. The maximum Gasteiger partial charge on any atom is -0.109 e. The Hall–Kier alpha value is 0.293. The van der Waals surface area contributed by atoms with E-state index < -0.39 is 0 Å². The summed E-state index contributed by atoms with van der Waals surface area (Å²) in [7, 11) is 0. The van der Waals surface area contributed by atoms with Crippen LogP contribution in [0.2, 0.25) is 0 Å². The molecule has 0 aromatic rings. The van der Waals surface area contributed by atoms with Crippen molar-refractivity contribution in [3.8, 4) is 0 Å². The van der Waals surface area contributed by atoms with Crippen LogP contribution in [0.25, 0.3) is 0 Å². The van der Waals surface area contributed by atoms with Crippen molar-refractivity contribution in [3.05, 3.63) is 47.1 Å². The summed E-state index contributed by atoms with van der Waals surface area (Å²) in [4.78, 5) is 0. The van der Waals surface area contributed by atoms with Crippen LogP contribution >= 0.6 is 24.8 Å². The third-order valence-electron chi connectivity index (χ3n) is 2.82. The van der Waals surface area contributed by atoms with Gasteiger partial charge in [0.2, 0.25) is 0 Å². The van der Waals surface area contributed by atoms with Gasteiger partial charge in [-0.3, -0.25) is 12.2 Å². The standard InChI is InChI=1S/C9H13.C5H5.C3H6.2ClH.Zr/c1-6-5-7(2)9(4)8(6)3;1-2-4-5-3-1;1-3-2;;;/h6H,1-4H3;1-3H,4H2;1-2H3;2*1H;/q2*-1;;;;+2. The Bertz CT molecular complexity index is 387. The van der Waals surface area contributed by atoms with E-state index in [1.165, 1.54) is 19.9 Å². The molecular weight excluding hydrogens is 366 g/mol. The number of rotatable bonds is 0. The van der Waals surface area contributed by atoms with Crippen molar-refractivity contribution >= 4 is 28.0 Å². The van der Waals surface area contributed by atoms with Crippen LogP contribution in [0.15, 0.2) is 34.9 Å². The molecule has 0 aromatic heterocycles. The molecule has 2 aliphatic rings. The van der Waals surface area contributed by atoms with Gasteiger partial charge in [-0.15, -0.1) is 38.2 Å². The van der Waals surface area contributed by atoms with Gasteiger partial charge in [0.1, 0.15) is 0 Å². The second kappa shape index (κ2) is 14.2. The van der Waals surface area contributed by atoms with Crippen molar-refractivity contribution in [3.63, 3.8) is 0 Å². The summed E-state index contributed by atoms with van der Waals surface area (Å²) in [5.41, 5.74) is 4.25. The Labute approximate surface area is 152 Å². The van der Waals surface area contributed by atoms with Crippen LogP contribution in [0.3, 0.4) is 0 Å². The second-order valence-electron chi connectivity index (χ2n) is 4.80. The van der Waals surface area contributed by atoms with E-state index >= 15 is 0 Å². The van der Waals surface area contributed by atoms with Crippen LogP contribution < -0.4 is 0 Å². The molecule has 0 spiro atoms. The van der Waals surface area contributed by atoms with Crippen LogP contribution in [0, 0.1) is 18.1 Å². The smallest absolute Gasteiger partial charge is 0.109 e. The van der Waals surface area contributed by atoms with E-state index in [1.54, 1.807) is 24.2 Å². The number of halogens is 2. The molecule has 0 fully saturated rings. The molecule has 1 unspecified atom stereocenters. The normalized spacial score (nSPS) is 18.0. The summed E-state index contributed by atoms with van der Waals surface area (Å²) in [6, 6.07) is 0. The van der Waals surface area contributed by atoms with Gasteiger partial charge in [0, 0.05) is 0 Å². The number of allylic oxidation sites excluding steroid dienone is 8. The SMILES string of the molecule is CC1=[C-]C(C)C(C)=C1C.C[C](C)=[Zr+2].Cl.Cl.[C-]1=CC=CC1. The molecule has 0 bridgehead atoms. The summed E-state index contributed by atoms with van der Waals surface area (Å²) in [6.07, 6.45) is 13.4. The van der Waals surface area contributed by atoms with E-state index in [4.69, 9.17) is 0 Å². The fourth-order valence-corrected chi connectivity index (χ4v) is 1.50. The average molecular weight is 393 g/mol. The zero-order valence-corrected chi connectivity index (χ0v) is 17.4. The van der Waals surface area contributed by atoms with Crippen LogP contribution in [0.4, 0.5) is 0 Å². The van der Waals surface area contributed by atoms with Crippen molar-refractivity contribution in [2.45, 2.75) is 48.0 Å². The molecular formula is C17H26Cl2Zr. The first-order chi connectivity index (χ1) is 8.36. The first kappa shape index (κ1) is 25.3. The van der Waals surface area contributed by atoms with Gasteiger partial charge in [-0.2, -0.15) is 17.2 Å². The average Bonchev–Trinajstić information content (AvgIpc) is 2.89. The van der Waals surface area contributed by atoms with Gasteiger partial charge in [0.05, 0.1) is 0 Å². The minimum atomic E-state index is 0. The fraction of sp³-hybridized carbons (Fsp3) is 0.471. The topological polar surface area (TPSA) is 0 Å². The number of hydrogen-bond acceptors (Lipinski definition) is 0. The van der Waals surface area contributed by atoms with Gasteiger partial charge in [0.25, 0.3) is 0 Å². The monoisotopic (exact) mass is 390 g/mol. The van der Waals surface area contributed by atoms with Gasteiger partial charge in [-0.1, -0.05) is 26.7 Å². The van der Waals surface area contributed by atoms with Crippen LogP contribution in [0.1, 0.15) is 48.0 Å². The minimum Gasteiger partial charge on any atom is -0.273 e. The summed E-state index contributed by atoms with van der Waals surface area (Å²) >= 11 is 1.55. The van der Waals surface area contributed by atoms with E-state index in [9.17, 15) is 0 Å². The van der Waals surface area contributed by atoms with E-state index in [2.05, 4.69) is 59.8 Å². The van der Waals surface area contributed by atoms with E-state index in [0.717, 1.165) is 6.42 Å². The van der Waals surface area contributed by atoms with Crippen LogP contribution in [-0.4, -0.2) is 3.21 Å². The summed E-state index contributed by atoms with van der Waals surface area (Å²) in [5, 5.41) is 0. The predicted molar refractivity (Wildman–Crippen MR) is 92.4 cm³/mol. The summed E-state index contributed by atoms with van der Waals surface area (Å²) < 4.78 is 1.51. The van der Waals surface area contributed by atoms with Gasteiger partial charge >= 0.3 is 41.3 Å². The third-order valence-corrected chi connectivity index (χ3v) is 2.82. The molecule has 2 rings (SSSR count). The Balaban J connectivity index is -0.000000228. The zero-order valence-electron chi connectivity index (χ0n) is 13.3. The number of hydrogen-bond donors (Lipinski definition) is 0. The predicted octanol–water partition coefficient (Wildman–Crippen LogP) is 5.62. The molecule has 0 heterocycles. The van der Waals surface area contributed by atoms with Gasteiger partial charge in [-0.25, -0.2) is 17.7 Å². The van der Waals surface area contributed by atoms with Crippen molar-refractivity contribution < 1.29 is 24.2 Å². The zero-order chi connectivity index (χ0) is 14.1. The Kier molecular flexibility index (Phi) is 18.0. The molecule has 0 saturated carbocycles. The van der Waals surface area contributed by atoms with E-state index in [-0.39, 0.29) is 24.8 Å². The molecule has 0 aliphatic heterocycles. The van der Waals surface area contributed by atoms with Crippen molar-refractivity contribution in [2.24, 2.45) is 5.92 Å².